The molecule has 0 N–H and O–H groups in total. The number of rotatable bonds is 4. The van der Waals surface area contributed by atoms with Gasteiger partial charge in [0.05, 0.1) is 23.0 Å². The van der Waals surface area contributed by atoms with Crippen LogP contribution in [0, 0.1) is 11.3 Å². The van der Waals surface area contributed by atoms with Crippen molar-refractivity contribution < 1.29 is 0 Å². The van der Waals surface area contributed by atoms with Crippen molar-refractivity contribution in [1.29, 1.82) is 5.26 Å². The van der Waals surface area contributed by atoms with Crippen molar-refractivity contribution in [3.8, 4) is 17.3 Å². The Morgan fingerprint density at radius 3 is 2.39 bits per heavy atom. The van der Waals surface area contributed by atoms with Gasteiger partial charge in [-0.25, -0.2) is 0 Å². The van der Waals surface area contributed by atoms with Crippen molar-refractivity contribution in [3.63, 3.8) is 0 Å². The molecule has 0 bridgehead atoms. The van der Waals surface area contributed by atoms with E-state index < -0.39 is 0 Å². The maximum absolute atomic E-state index is 8.74. The molecule has 0 unspecified atom stereocenters. The van der Waals surface area contributed by atoms with Crippen LogP contribution in [0.15, 0.2) is 36.4 Å². The fraction of sp³-hybridized carbons (Fsp3) is 0.267. The Bertz CT molecular complexity index is 535. The molecule has 0 aliphatic carbocycles. The van der Waals surface area contributed by atoms with Crippen molar-refractivity contribution in [2.24, 2.45) is 0 Å². The fourth-order valence-electron chi connectivity index (χ4n) is 1.72. The van der Waals surface area contributed by atoms with Gasteiger partial charge in [0.1, 0.15) is 0 Å². The van der Waals surface area contributed by atoms with E-state index in [0.717, 1.165) is 29.8 Å². The number of benzene rings is 1. The molecule has 90 valence electrons. The van der Waals surface area contributed by atoms with Gasteiger partial charge in [-0.2, -0.15) is 15.5 Å². The summed E-state index contributed by atoms with van der Waals surface area (Å²) in [7, 11) is 0. The molecular weight excluding hydrogens is 222 g/mol. The average molecular weight is 237 g/mol. The molecule has 2 aromatic rings. The van der Waals surface area contributed by atoms with Crippen LogP contribution in [0.1, 0.15) is 31.0 Å². The average Bonchev–Trinajstić information content (AvgIpc) is 2.46. The zero-order valence-electron chi connectivity index (χ0n) is 10.4. The van der Waals surface area contributed by atoms with E-state index in [1.54, 1.807) is 12.1 Å². The first-order valence-electron chi connectivity index (χ1n) is 6.16. The lowest BCUT2D eigenvalue weighted by Crippen LogP contribution is -1.94. The largest absolute Gasteiger partial charge is 0.192 e. The molecule has 0 radical (unpaired) electrons. The summed E-state index contributed by atoms with van der Waals surface area (Å²) in [6, 6.07) is 13.5. The fourth-order valence-corrected chi connectivity index (χ4v) is 1.72. The molecule has 0 fully saturated rings. The first-order valence-corrected chi connectivity index (χ1v) is 6.16. The van der Waals surface area contributed by atoms with Gasteiger partial charge < -0.3 is 0 Å². The molecule has 1 aromatic carbocycles. The third kappa shape index (κ3) is 2.92. The second-order valence-electron chi connectivity index (χ2n) is 4.20. The number of unbranched alkanes of at least 4 members (excludes halogenated alkanes) is 1. The number of aryl methyl sites for hydroxylation is 1. The summed E-state index contributed by atoms with van der Waals surface area (Å²) in [5.74, 6) is 0. The molecule has 0 spiro atoms. The van der Waals surface area contributed by atoms with E-state index in [0.29, 0.717) is 5.56 Å². The topological polar surface area (TPSA) is 49.6 Å². The zero-order valence-corrected chi connectivity index (χ0v) is 10.4. The highest BCUT2D eigenvalue weighted by Crippen LogP contribution is 2.17. The SMILES string of the molecule is CCCCc1ccc(-c2ccc(C#N)cc2)nn1. The Labute approximate surface area is 107 Å². The Morgan fingerprint density at radius 1 is 1.06 bits per heavy atom. The van der Waals surface area contributed by atoms with Crippen LogP contribution < -0.4 is 0 Å². The number of hydrogen-bond acceptors (Lipinski definition) is 3. The number of aromatic nitrogens is 2. The Hall–Kier alpha value is -2.21. The number of nitriles is 1. The van der Waals surface area contributed by atoms with Gasteiger partial charge in [-0.3, -0.25) is 0 Å². The minimum Gasteiger partial charge on any atom is -0.192 e. The molecular formula is C15H15N3. The Morgan fingerprint density at radius 2 is 1.83 bits per heavy atom. The molecule has 3 heteroatoms. The van der Waals surface area contributed by atoms with Crippen molar-refractivity contribution in [2.45, 2.75) is 26.2 Å². The van der Waals surface area contributed by atoms with Crippen LogP contribution >= 0.6 is 0 Å². The molecule has 0 amide bonds. The van der Waals surface area contributed by atoms with Crippen LogP contribution in [0.5, 0.6) is 0 Å². The molecule has 18 heavy (non-hydrogen) atoms. The minimum absolute atomic E-state index is 0.659. The molecule has 0 saturated carbocycles. The minimum atomic E-state index is 0.659. The van der Waals surface area contributed by atoms with Gasteiger partial charge in [-0.15, -0.1) is 0 Å². The smallest absolute Gasteiger partial charge is 0.0991 e. The number of nitrogens with zero attached hydrogens (tertiary/aromatic N) is 3. The van der Waals surface area contributed by atoms with Crippen LogP contribution in [-0.4, -0.2) is 10.2 Å². The van der Waals surface area contributed by atoms with Gasteiger partial charge >= 0.3 is 0 Å². The number of hydrogen-bond donors (Lipinski definition) is 0. The van der Waals surface area contributed by atoms with Gasteiger partial charge in [-0.05, 0) is 37.1 Å². The maximum atomic E-state index is 8.74. The molecule has 0 atom stereocenters. The highest BCUT2D eigenvalue weighted by molar-refractivity contribution is 5.59. The van der Waals surface area contributed by atoms with Crippen LogP contribution in [0.2, 0.25) is 0 Å². The van der Waals surface area contributed by atoms with Gasteiger partial charge in [-0.1, -0.05) is 25.5 Å². The molecule has 3 nitrogen and oxygen atoms in total. The summed E-state index contributed by atoms with van der Waals surface area (Å²) in [5.41, 5.74) is 3.53. The monoisotopic (exact) mass is 237 g/mol. The van der Waals surface area contributed by atoms with Crippen LogP contribution in [0.3, 0.4) is 0 Å². The van der Waals surface area contributed by atoms with E-state index in [-0.39, 0.29) is 0 Å². The summed E-state index contributed by atoms with van der Waals surface area (Å²) < 4.78 is 0. The molecule has 2 rings (SSSR count). The second-order valence-corrected chi connectivity index (χ2v) is 4.20. The predicted octanol–water partition coefficient (Wildman–Crippen LogP) is 3.36. The normalized spacial score (nSPS) is 10.0. The molecule has 1 aromatic heterocycles. The third-order valence-electron chi connectivity index (χ3n) is 2.82. The quantitative estimate of drug-likeness (QED) is 0.819. The van der Waals surface area contributed by atoms with Crippen molar-refractivity contribution in [1.82, 2.24) is 10.2 Å². The van der Waals surface area contributed by atoms with E-state index in [4.69, 9.17) is 5.26 Å². The second kappa shape index (κ2) is 5.92. The van der Waals surface area contributed by atoms with Crippen LogP contribution in [0.25, 0.3) is 11.3 Å². The van der Waals surface area contributed by atoms with Crippen molar-refractivity contribution in [3.05, 3.63) is 47.7 Å². The van der Waals surface area contributed by atoms with Gasteiger partial charge in [0, 0.05) is 5.56 Å². The van der Waals surface area contributed by atoms with Crippen LogP contribution in [-0.2, 0) is 6.42 Å². The van der Waals surface area contributed by atoms with Crippen molar-refractivity contribution >= 4 is 0 Å². The van der Waals surface area contributed by atoms with Gasteiger partial charge in [0.2, 0.25) is 0 Å². The highest BCUT2D eigenvalue weighted by Gasteiger charge is 2.01. The predicted molar refractivity (Wildman–Crippen MR) is 70.8 cm³/mol. The maximum Gasteiger partial charge on any atom is 0.0991 e. The summed E-state index contributed by atoms with van der Waals surface area (Å²) in [6.07, 6.45) is 3.29. The summed E-state index contributed by atoms with van der Waals surface area (Å²) in [6.45, 7) is 2.17. The van der Waals surface area contributed by atoms with E-state index >= 15 is 0 Å². The van der Waals surface area contributed by atoms with E-state index in [9.17, 15) is 0 Å². The molecule has 0 saturated heterocycles. The van der Waals surface area contributed by atoms with E-state index in [1.165, 1.54) is 6.42 Å². The standard InChI is InChI=1S/C15H15N3/c1-2-3-4-14-9-10-15(18-17-14)13-7-5-12(11-16)6-8-13/h5-10H,2-4H2,1H3. The van der Waals surface area contributed by atoms with Gasteiger partial charge in [0.25, 0.3) is 0 Å². The lowest BCUT2D eigenvalue weighted by molar-refractivity contribution is 0.760. The van der Waals surface area contributed by atoms with Gasteiger partial charge in [0.15, 0.2) is 0 Å². The Kier molecular flexibility index (Phi) is 4.03. The first kappa shape index (κ1) is 12.3. The van der Waals surface area contributed by atoms with E-state index in [1.807, 2.05) is 24.3 Å². The first-order chi connectivity index (χ1) is 8.83. The highest BCUT2D eigenvalue weighted by atomic mass is 15.1. The lowest BCUT2D eigenvalue weighted by atomic mass is 10.1. The zero-order chi connectivity index (χ0) is 12.8. The summed E-state index contributed by atoms with van der Waals surface area (Å²) in [5, 5.41) is 17.2. The molecule has 0 aliphatic rings. The molecule has 1 heterocycles. The summed E-state index contributed by atoms with van der Waals surface area (Å²) in [4.78, 5) is 0. The summed E-state index contributed by atoms with van der Waals surface area (Å²) >= 11 is 0. The Balaban J connectivity index is 2.15. The third-order valence-corrected chi connectivity index (χ3v) is 2.82. The van der Waals surface area contributed by atoms with Crippen LogP contribution in [0.4, 0.5) is 0 Å². The lowest BCUT2D eigenvalue weighted by Gasteiger charge is -2.02. The van der Waals surface area contributed by atoms with Crippen molar-refractivity contribution in [2.75, 3.05) is 0 Å². The van der Waals surface area contributed by atoms with E-state index in [2.05, 4.69) is 23.2 Å². The molecule has 0 aliphatic heterocycles.